The number of aliphatic carboxylic acids is 1. The zero-order valence-corrected chi connectivity index (χ0v) is 19.1. The van der Waals surface area contributed by atoms with E-state index < -0.39 is 17.9 Å². The fourth-order valence-corrected chi connectivity index (χ4v) is 2.96. The maximum Gasteiger partial charge on any atom is 0.326 e. The van der Waals surface area contributed by atoms with Crippen LogP contribution in [0, 0.1) is 0 Å². The number of hydrogen-bond acceptors (Lipinski definition) is 3. The number of rotatable bonds is 17. The molecule has 0 saturated carbocycles. The van der Waals surface area contributed by atoms with E-state index in [2.05, 4.69) is 34.4 Å². The number of amides is 1. The Morgan fingerprint density at radius 2 is 1.59 bits per heavy atom. The van der Waals surface area contributed by atoms with E-state index in [0.717, 1.165) is 6.42 Å². The minimum Gasteiger partial charge on any atom is -0.480 e. The normalized spacial score (nSPS) is 13.3. The summed E-state index contributed by atoms with van der Waals surface area (Å²) in [6.45, 7) is 2.24. The first-order chi connectivity index (χ1) is 15.6. The first-order valence-corrected chi connectivity index (χ1v) is 11.5. The number of carboxylic acids is 1. The van der Waals surface area contributed by atoms with Crippen molar-refractivity contribution >= 4 is 11.9 Å². The molecule has 1 atom stereocenters. The van der Waals surface area contributed by atoms with Crippen LogP contribution in [0.2, 0.25) is 0 Å². The van der Waals surface area contributed by atoms with E-state index in [1.54, 1.807) is 18.2 Å². The number of unbranched alkanes of at least 4 members (excludes halogenated alkanes) is 7. The summed E-state index contributed by atoms with van der Waals surface area (Å²) in [7, 11) is 0. The Morgan fingerprint density at radius 3 is 2.22 bits per heavy atom. The lowest BCUT2D eigenvalue weighted by Crippen LogP contribution is -2.41. The molecule has 0 saturated heterocycles. The number of nitrogens with zero attached hydrogens (tertiary/aromatic N) is 1. The average molecular weight is 440 g/mol. The molecule has 6 heteroatoms. The highest BCUT2D eigenvalue weighted by molar-refractivity contribution is 5.91. The van der Waals surface area contributed by atoms with Gasteiger partial charge in [0.15, 0.2) is 0 Å². The van der Waals surface area contributed by atoms with Gasteiger partial charge in [0.05, 0.1) is 6.33 Å². The second-order valence-corrected chi connectivity index (χ2v) is 7.53. The Labute approximate surface area is 191 Å². The van der Waals surface area contributed by atoms with Gasteiger partial charge in [0.25, 0.3) is 0 Å². The summed E-state index contributed by atoms with van der Waals surface area (Å²) in [5.41, 5.74) is 0.646. The second-order valence-electron chi connectivity index (χ2n) is 7.53. The molecule has 0 aromatic carbocycles. The first kappa shape index (κ1) is 26.9. The SMILES string of the molecule is CCCCCCCCCC=CC=CC=CC=CC=CC(=O)N[C@@H](Cc1cnc[nH]1)C(=O)O. The van der Waals surface area contributed by atoms with Crippen LogP contribution in [0.5, 0.6) is 0 Å². The molecule has 1 rings (SSSR count). The van der Waals surface area contributed by atoms with Crippen LogP contribution in [-0.4, -0.2) is 33.0 Å². The Morgan fingerprint density at radius 1 is 0.969 bits per heavy atom. The fraction of sp³-hybridized carbons (Fsp3) is 0.423. The van der Waals surface area contributed by atoms with Crippen molar-refractivity contribution in [2.45, 2.75) is 70.8 Å². The Hall–Kier alpha value is -3.15. The third-order valence-corrected chi connectivity index (χ3v) is 4.73. The largest absolute Gasteiger partial charge is 0.480 e. The van der Waals surface area contributed by atoms with Crippen LogP contribution in [0.1, 0.15) is 64.0 Å². The molecule has 32 heavy (non-hydrogen) atoms. The van der Waals surface area contributed by atoms with Crippen LogP contribution in [-0.2, 0) is 16.0 Å². The molecule has 0 aliphatic rings. The third kappa shape index (κ3) is 14.8. The second kappa shape index (κ2) is 18.6. The van der Waals surface area contributed by atoms with Crippen LogP contribution in [0.25, 0.3) is 0 Å². The van der Waals surface area contributed by atoms with Gasteiger partial charge in [0.1, 0.15) is 6.04 Å². The minimum atomic E-state index is -1.09. The van der Waals surface area contributed by atoms with Gasteiger partial charge in [-0.05, 0) is 12.8 Å². The number of imidazole rings is 1. The van der Waals surface area contributed by atoms with Crippen LogP contribution < -0.4 is 5.32 Å². The molecule has 0 unspecified atom stereocenters. The number of carbonyl (C=O) groups excluding carboxylic acids is 1. The number of hydrogen-bond donors (Lipinski definition) is 3. The van der Waals surface area contributed by atoms with Crippen LogP contribution >= 0.6 is 0 Å². The molecule has 1 aromatic rings. The highest BCUT2D eigenvalue weighted by Gasteiger charge is 2.19. The predicted octanol–water partition coefficient (Wildman–Crippen LogP) is 5.44. The summed E-state index contributed by atoms with van der Waals surface area (Å²) < 4.78 is 0. The Balaban J connectivity index is 2.17. The zero-order chi connectivity index (χ0) is 23.3. The highest BCUT2D eigenvalue weighted by atomic mass is 16.4. The molecule has 0 aliphatic carbocycles. The summed E-state index contributed by atoms with van der Waals surface area (Å²) in [4.78, 5) is 29.8. The van der Waals surface area contributed by atoms with Crippen molar-refractivity contribution in [3.8, 4) is 0 Å². The van der Waals surface area contributed by atoms with Crippen molar-refractivity contribution in [2.24, 2.45) is 0 Å². The monoisotopic (exact) mass is 439 g/mol. The number of carbonyl (C=O) groups is 2. The summed E-state index contributed by atoms with van der Waals surface area (Å²) in [6, 6.07) is -1.01. The summed E-state index contributed by atoms with van der Waals surface area (Å²) >= 11 is 0. The predicted molar refractivity (Wildman–Crippen MR) is 130 cm³/mol. The maximum atomic E-state index is 11.9. The molecule has 1 heterocycles. The average Bonchev–Trinajstić information content (AvgIpc) is 3.28. The van der Waals surface area contributed by atoms with Crippen molar-refractivity contribution in [1.29, 1.82) is 0 Å². The van der Waals surface area contributed by atoms with Gasteiger partial charge in [0.2, 0.25) is 5.91 Å². The molecule has 0 aliphatic heterocycles. The number of aromatic amines is 1. The van der Waals surface area contributed by atoms with Crippen molar-refractivity contribution in [2.75, 3.05) is 0 Å². The molecule has 3 N–H and O–H groups in total. The first-order valence-electron chi connectivity index (χ1n) is 11.5. The summed E-state index contributed by atoms with van der Waals surface area (Å²) in [5.74, 6) is -1.56. The summed E-state index contributed by atoms with van der Waals surface area (Å²) in [6.07, 6.45) is 32.0. The number of allylic oxidation sites excluding steroid dienone is 9. The molecule has 1 amide bonds. The number of H-pyrrole nitrogens is 1. The van der Waals surface area contributed by atoms with Gasteiger partial charge in [-0.25, -0.2) is 9.78 Å². The van der Waals surface area contributed by atoms with E-state index in [9.17, 15) is 14.7 Å². The van der Waals surface area contributed by atoms with Crippen molar-refractivity contribution < 1.29 is 14.7 Å². The number of aromatic nitrogens is 2. The van der Waals surface area contributed by atoms with Gasteiger partial charge in [-0.15, -0.1) is 0 Å². The third-order valence-electron chi connectivity index (χ3n) is 4.73. The lowest BCUT2D eigenvalue weighted by Gasteiger charge is -2.11. The van der Waals surface area contributed by atoms with E-state index in [1.807, 2.05) is 24.3 Å². The summed E-state index contributed by atoms with van der Waals surface area (Å²) in [5, 5.41) is 11.7. The molecule has 1 aromatic heterocycles. The smallest absolute Gasteiger partial charge is 0.326 e. The van der Waals surface area contributed by atoms with E-state index in [4.69, 9.17) is 0 Å². The van der Waals surface area contributed by atoms with E-state index in [0.29, 0.717) is 5.69 Å². The molecular formula is C26H37N3O3. The fourth-order valence-electron chi connectivity index (χ4n) is 2.96. The Kier molecular flexibility index (Phi) is 15.6. The van der Waals surface area contributed by atoms with Gasteiger partial charge in [-0.3, -0.25) is 4.79 Å². The molecule has 0 spiro atoms. The van der Waals surface area contributed by atoms with Gasteiger partial charge in [-0.1, -0.05) is 100 Å². The van der Waals surface area contributed by atoms with Crippen molar-refractivity contribution in [3.05, 3.63) is 79.0 Å². The van der Waals surface area contributed by atoms with Gasteiger partial charge in [0, 0.05) is 24.4 Å². The quantitative estimate of drug-likeness (QED) is 0.171. The zero-order valence-electron chi connectivity index (χ0n) is 19.1. The molecule has 174 valence electrons. The van der Waals surface area contributed by atoms with Gasteiger partial charge in [-0.2, -0.15) is 0 Å². The van der Waals surface area contributed by atoms with Crippen LogP contribution in [0.3, 0.4) is 0 Å². The number of nitrogens with one attached hydrogen (secondary N) is 2. The van der Waals surface area contributed by atoms with Gasteiger partial charge < -0.3 is 15.4 Å². The molecule has 0 fully saturated rings. The molecule has 0 bridgehead atoms. The van der Waals surface area contributed by atoms with E-state index in [-0.39, 0.29) is 6.42 Å². The topological polar surface area (TPSA) is 95.1 Å². The lowest BCUT2D eigenvalue weighted by molar-refractivity contribution is -0.141. The minimum absolute atomic E-state index is 0.146. The van der Waals surface area contributed by atoms with Crippen molar-refractivity contribution in [3.63, 3.8) is 0 Å². The van der Waals surface area contributed by atoms with E-state index in [1.165, 1.54) is 63.5 Å². The maximum absolute atomic E-state index is 11.9. The van der Waals surface area contributed by atoms with E-state index >= 15 is 0 Å². The van der Waals surface area contributed by atoms with Gasteiger partial charge >= 0.3 is 5.97 Å². The standard InChI is InChI=1S/C26H37N3O3/c1-2-3-4-5-6-7-8-9-10-11-12-13-14-15-16-17-18-19-25(30)29-24(26(31)32)20-23-21-27-22-28-23/h10-19,21-22,24H,2-9,20H2,1H3,(H,27,28)(H,29,30)(H,31,32)/t24-/m0/s1. The molecular weight excluding hydrogens is 402 g/mol. The molecule has 6 nitrogen and oxygen atoms in total. The van der Waals surface area contributed by atoms with Crippen LogP contribution in [0.15, 0.2) is 73.3 Å². The van der Waals surface area contributed by atoms with Crippen LogP contribution in [0.4, 0.5) is 0 Å². The lowest BCUT2D eigenvalue weighted by atomic mass is 10.1. The Bertz CT molecular complexity index is 774. The number of carboxylic acid groups (broad SMARTS) is 1. The highest BCUT2D eigenvalue weighted by Crippen LogP contribution is 2.08. The molecule has 0 radical (unpaired) electrons. The van der Waals surface area contributed by atoms with Crippen molar-refractivity contribution in [1.82, 2.24) is 15.3 Å².